The van der Waals surface area contributed by atoms with Gasteiger partial charge in [-0.15, -0.1) is 0 Å². The first-order chi connectivity index (χ1) is 6.59. The lowest BCUT2D eigenvalue weighted by atomic mass is 10.1. The first kappa shape index (κ1) is 9.68. The van der Waals surface area contributed by atoms with E-state index in [-0.39, 0.29) is 11.3 Å². The SMILES string of the molecule is CNC1c2ccccc2S(=O)(=O)C1C. The highest BCUT2D eigenvalue weighted by Crippen LogP contribution is 2.38. The maximum atomic E-state index is 11.9. The van der Waals surface area contributed by atoms with Crippen LogP contribution in [-0.2, 0) is 9.84 Å². The van der Waals surface area contributed by atoms with Gasteiger partial charge in [0, 0.05) is 0 Å². The number of rotatable bonds is 1. The standard InChI is InChI=1S/C10H13NO2S/c1-7-10(11-2)8-5-3-4-6-9(8)14(7,12)13/h3-7,10-11H,1-2H3. The van der Waals surface area contributed by atoms with E-state index in [0.29, 0.717) is 4.90 Å². The van der Waals surface area contributed by atoms with Gasteiger partial charge in [0.25, 0.3) is 0 Å². The predicted molar refractivity (Wildman–Crippen MR) is 54.9 cm³/mol. The Hall–Kier alpha value is -0.870. The van der Waals surface area contributed by atoms with Crippen molar-refractivity contribution in [3.05, 3.63) is 29.8 Å². The van der Waals surface area contributed by atoms with Gasteiger partial charge >= 0.3 is 0 Å². The molecule has 0 saturated heterocycles. The molecule has 2 atom stereocenters. The lowest BCUT2D eigenvalue weighted by Crippen LogP contribution is -2.26. The third kappa shape index (κ3) is 1.11. The second-order valence-electron chi connectivity index (χ2n) is 3.55. The molecule has 0 aliphatic carbocycles. The van der Waals surface area contributed by atoms with Crippen molar-refractivity contribution < 1.29 is 8.42 Å². The highest BCUT2D eigenvalue weighted by molar-refractivity contribution is 7.92. The average molecular weight is 211 g/mol. The number of hydrogen-bond acceptors (Lipinski definition) is 3. The molecule has 0 fully saturated rings. The van der Waals surface area contributed by atoms with Gasteiger partial charge in [0.15, 0.2) is 9.84 Å². The highest BCUT2D eigenvalue weighted by atomic mass is 32.2. The molecule has 2 rings (SSSR count). The van der Waals surface area contributed by atoms with Crippen molar-refractivity contribution in [3.63, 3.8) is 0 Å². The maximum Gasteiger partial charge on any atom is 0.183 e. The molecule has 1 aromatic carbocycles. The van der Waals surface area contributed by atoms with Crippen molar-refractivity contribution in [2.75, 3.05) is 7.05 Å². The van der Waals surface area contributed by atoms with Crippen molar-refractivity contribution in [2.45, 2.75) is 23.1 Å². The summed E-state index contributed by atoms with van der Waals surface area (Å²) in [4.78, 5) is 0.479. The molecule has 0 spiro atoms. The second kappa shape index (κ2) is 3.07. The van der Waals surface area contributed by atoms with Crippen LogP contribution in [0.3, 0.4) is 0 Å². The van der Waals surface area contributed by atoms with Gasteiger partial charge in [-0.05, 0) is 25.6 Å². The molecule has 1 aliphatic heterocycles. The van der Waals surface area contributed by atoms with Crippen LogP contribution in [0.25, 0.3) is 0 Å². The fourth-order valence-corrected chi connectivity index (χ4v) is 3.85. The molecule has 0 saturated carbocycles. The molecule has 76 valence electrons. The number of sulfone groups is 1. The molecular weight excluding hydrogens is 198 g/mol. The van der Waals surface area contributed by atoms with Crippen LogP contribution in [0.5, 0.6) is 0 Å². The summed E-state index contributed by atoms with van der Waals surface area (Å²) in [7, 11) is -1.32. The van der Waals surface area contributed by atoms with Crippen molar-refractivity contribution in [3.8, 4) is 0 Å². The van der Waals surface area contributed by atoms with Crippen LogP contribution < -0.4 is 5.32 Å². The Balaban J connectivity index is 2.69. The van der Waals surface area contributed by atoms with Gasteiger partial charge in [-0.1, -0.05) is 18.2 Å². The fraction of sp³-hybridized carbons (Fsp3) is 0.400. The summed E-state index contributed by atoms with van der Waals surface area (Å²) in [5, 5.41) is 2.68. The molecule has 14 heavy (non-hydrogen) atoms. The molecule has 3 nitrogen and oxygen atoms in total. The van der Waals surface area contributed by atoms with Crippen LogP contribution >= 0.6 is 0 Å². The summed E-state index contributed by atoms with van der Waals surface area (Å²) < 4.78 is 23.8. The van der Waals surface area contributed by atoms with Crippen molar-refractivity contribution in [1.82, 2.24) is 5.32 Å². The summed E-state index contributed by atoms with van der Waals surface area (Å²) in [6, 6.07) is 7.12. The summed E-state index contributed by atoms with van der Waals surface area (Å²) >= 11 is 0. The van der Waals surface area contributed by atoms with Crippen LogP contribution in [0.1, 0.15) is 18.5 Å². The van der Waals surface area contributed by atoms with E-state index in [9.17, 15) is 8.42 Å². The smallest absolute Gasteiger partial charge is 0.183 e. The predicted octanol–water partition coefficient (Wildman–Crippen LogP) is 1.12. The van der Waals surface area contributed by atoms with Crippen molar-refractivity contribution in [2.24, 2.45) is 0 Å². The molecular formula is C10H13NO2S. The quantitative estimate of drug-likeness (QED) is 0.757. The van der Waals surface area contributed by atoms with Gasteiger partial charge in [0.1, 0.15) is 0 Å². The first-order valence-electron chi connectivity index (χ1n) is 4.59. The normalized spacial score (nSPS) is 28.7. The van der Waals surface area contributed by atoms with Gasteiger partial charge in [-0.2, -0.15) is 0 Å². The van der Waals surface area contributed by atoms with E-state index < -0.39 is 9.84 Å². The third-order valence-corrected chi connectivity index (χ3v) is 5.07. The van der Waals surface area contributed by atoms with E-state index in [1.807, 2.05) is 12.1 Å². The van der Waals surface area contributed by atoms with Crippen LogP contribution in [-0.4, -0.2) is 20.7 Å². The molecule has 1 aliphatic rings. The average Bonchev–Trinajstić information content (AvgIpc) is 2.37. The van der Waals surface area contributed by atoms with Crippen LogP contribution in [0.2, 0.25) is 0 Å². The first-order valence-corrected chi connectivity index (χ1v) is 6.13. The van der Waals surface area contributed by atoms with Crippen LogP contribution in [0, 0.1) is 0 Å². The van der Waals surface area contributed by atoms with Gasteiger partial charge in [0.05, 0.1) is 16.2 Å². The lowest BCUT2D eigenvalue weighted by Gasteiger charge is -2.13. The van der Waals surface area contributed by atoms with Crippen LogP contribution in [0.15, 0.2) is 29.2 Å². The minimum Gasteiger partial charge on any atom is -0.312 e. The zero-order valence-electron chi connectivity index (χ0n) is 8.19. The van der Waals surface area contributed by atoms with E-state index in [0.717, 1.165) is 5.56 Å². The Morgan fingerprint density at radius 1 is 1.29 bits per heavy atom. The van der Waals surface area contributed by atoms with Gasteiger partial charge < -0.3 is 5.32 Å². The van der Waals surface area contributed by atoms with E-state index in [1.165, 1.54) is 0 Å². The molecule has 1 heterocycles. The van der Waals surface area contributed by atoms with Gasteiger partial charge in [-0.25, -0.2) is 8.42 Å². The summed E-state index contributed by atoms with van der Waals surface area (Å²) in [6.45, 7) is 1.75. The molecule has 0 bridgehead atoms. The number of benzene rings is 1. The Labute approximate surface area is 84.1 Å². The lowest BCUT2D eigenvalue weighted by molar-refractivity contribution is 0.553. The largest absolute Gasteiger partial charge is 0.312 e. The molecule has 1 N–H and O–H groups in total. The summed E-state index contributed by atoms with van der Waals surface area (Å²) in [5.74, 6) is 0. The molecule has 2 unspecified atom stereocenters. The number of fused-ring (bicyclic) bond motifs is 1. The topological polar surface area (TPSA) is 46.2 Å². The minimum absolute atomic E-state index is 0.0730. The number of nitrogens with one attached hydrogen (secondary N) is 1. The zero-order chi connectivity index (χ0) is 10.3. The molecule has 0 radical (unpaired) electrons. The molecule has 0 aromatic heterocycles. The van der Waals surface area contributed by atoms with Crippen LogP contribution in [0.4, 0.5) is 0 Å². The Morgan fingerprint density at radius 3 is 2.57 bits per heavy atom. The number of hydrogen-bond donors (Lipinski definition) is 1. The summed E-state index contributed by atoms with van der Waals surface area (Å²) in [6.07, 6.45) is 0. The molecule has 0 amide bonds. The van der Waals surface area contributed by atoms with E-state index >= 15 is 0 Å². The van der Waals surface area contributed by atoms with Crippen molar-refractivity contribution in [1.29, 1.82) is 0 Å². The van der Waals surface area contributed by atoms with E-state index in [1.54, 1.807) is 26.1 Å². The second-order valence-corrected chi connectivity index (χ2v) is 5.83. The third-order valence-electron chi connectivity index (χ3n) is 2.83. The minimum atomic E-state index is -3.11. The summed E-state index contributed by atoms with van der Waals surface area (Å²) in [5.41, 5.74) is 0.891. The Kier molecular flexibility index (Phi) is 2.12. The van der Waals surface area contributed by atoms with Gasteiger partial charge in [0.2, 0.25) is 0 Å². The van der Waals surface area contributed by atoms with E-state index in [2.05, 4.69) is 5.32 Å². The Bertz CT molecular complexity index is 453. The van der Waals surface area contributed by atoms with E-state index in [4.69, 9.17) is 0 Å². The monoisotopic (exact) mass is 211 g/mol. The molecule has 4 heteroatoms. The van der Waals surface area contributed by atoms with Crippen molar-refractivity contribution >= 4 is 9.84 Å². The Morgan fingerprint density at radius 2 is 1.93 bits per heavy atom. The fourth-order valence-electron chi connectivity index (χ4n) is 2.02. The van der Waals surface area contributed by atoms with Gasteiger partial charge in [-0.3, -0.25) is 0 Å². The molecule has 1 aromatic rings. The highest BCUT2D eigenvalue weighted by Gasteiger charge is 2.40. The zero-order valence-corrected chi connectivity index (χ0v) is 9.01. The maximum absolute atomic E-state index is 11.9.